The standard InChI is InChI=1S/C13H17F3N2OS/c1-8(7-20-3)17-13(19)18(2)6-9-4-10(14)12(16)11(15)5-9/h4-5,8H,6-7H2,1-3H3,(H,17,19)/t8-/m0/s1. The molecule has 2 amide bonds. The zero-order valence-corrected chi connectivity index (χ0v) is 12.4. The number of urea groups is 1. The van der Waals surface area contributed by atoms with Crippen LogP contribution in [0.15, 0.2) is 12.1 Å². The molecule has 0 aromatic heterocycles. The number of hydrogen-bond acceptors (Lipinski definition) is 2. The number of benzene rings is 1. The molecule has 1 N–H and O–H groups in total. The average Bonchev–Trinajstić information content (AvgIpc) is 2.35. The predicted molar refractivity (Wildman–Crippen MR) is 74.2 cm³/mol. The van der Waals surface area contributed by atoms with Gasteiger partial charge in [0.05, 0.1) is 0 Å². The Morgan fingerprint density at radius 1 is 1.35 bits per heavy atom. The highest BCUT2D eigenvalue weighted by Gasteiger charge is 2.15. The van der Waals surface area contributed by atoms with Gasteiger partial charge in [0, 0.05) is 25.4 Å². The molecule has 0 aliphatic rings. The van der Waals surface area contributed by atoms with Crippen LogP contribution in [0, 0.1) is 17.5 Å². The van der Waals surface area contributed by atoms with Crippen molar-refractivity contribution in [2.24, 2.45) is 0 Å². The lowest BCUT2D eigenvalue weighted by atomic mass is 10.2. The van der Waals surface area contributed by atoms with Gasteiger partial charge in [-0.15, -0.1) is 0 Å². The molecule has 0 saturated heterocycles. The van der Waals surface area contributed by atoms with E-state index in [0.717, 1.165) is 17.9 Å². The van der Waals surface area contributed by atoms with Crippen molar-refractivity contribution in [2.75, 3.05) is 19.1 Å². The van der Waals surface area contributed by atoms with Gasteiger partial charge in [0.1, 0.15) is 0 Å². The Hall–Kier alpha value is -1.37. The van der Waals surface area contributed by atoms with Crippen molar-refractivity contribution in [3.05, 3.63) is 35.1 Å². The maximum absolute atomic E-state index is 13.1. The van der Waals surface area contributed by atoms with Gasteiger partial charge in [-0.05, 0) is 30.9 Å². The zero-order valence-electron chi connectivity index (χ0n) is 11.5. The van der Waals surface area contributed by atoms with Gasteiger partial charge in [-0.1, -0.05) is 0 Å². The van der Waals surface area contributed by atoms with E-state index in [9.17, 15) is 18.0 Å². The van der Waals surface area contributed by atoms with Gasteiger partial charge in [0.2, 0.25) is 0 Å². The summed E-state index contributed by atoms with van der Waals surface area (Å²) < 4.78 is 38.9. The molecule has 20 heavy (non-hydrogen) atoms. The van der Waals surface area contributed by atoms with Crippen molar-refractivity contribution in [1.29, 1.82) is 0 Å². The van der Waals surface area contributed by atoms with Crippen molar-refractivity contribution in [1.82, 2.24) is 10.2 Å². The van der Waals surface area contributed by atoms with Crippen LogP contribution >= 0.6 is 11.8 Å². The van der Waals surface area contributed by atoms with Gasteiger partial charge in [-0.2, -0.15) is 11.8 Å². The molecule has 0 aliphatic heterocycles. The summed E-state index contributed by atoms with van der Waals surface area (Å²) in [5.41, 5.74) is 0.191. The second-order valence-corrected chi connectivity index (χ2v) is 5.45. The predicted octanol–water partition coefficient (Wildman–Crippen LogP) is 3.00. The Balaban J connectivity index is 2.66. The van der Waals surface area contributed by atoms with E-state index in [-0.39, 0.29) is 24.2 Å². The second-order valence-electron chi connectivity index (χ2n) is 4.54. The highest BCUT2D eigenvalue weighted by Crippen LogP contribution is 2.14. The number of carbonyl (C=O) groups is 1. The molecule has 0 saturated carbocycles. The number of rotatable bonds is 5. The molecule has 1 aromatic rings. The topological polar surface area (TPSA) is 32.3 Å². The fraction of sp³-hybridized carbons (Fsp3) is 0.462. The van der Waals surface area contributed by atoms with Crippen LogP contribution < -0.4 is 5.32 Å². The lowest BCUT2D eigenvalue weighted by molar-refractivity contribution is 0.204. The fourth-order valence-electron chi connectivity index (χ4n) is 1.66. The number of halogens is 3. The molecule has 0 aliphatic carbocycles. The van der Waals surface area contributed by atoms with Crippen molar-refractivity contribution >= 4 is 17.8 Å². The number of nitrogens with zero attached hydrogens (tertiary/aromatic N) is 1. The number of nitrogens with one attached hydrogen (secondary N) is 1. The van der Waals surface area contributed by atoms with Gasteiger partial charge in [0.25, 0.3) is 0 Å². The molecule has 0 heterocycles. The summed E-state index contributed by atoms with van der Waals surface area (Å²) in [6.45, 7) is 1.85. The van der Waals surface area contributed by atoms with E-state index in [1.54, 1.807) is 11.8 Å². The summed E-state index contributed by atoms with van der Waals surface area (Å²) in [6, 6.07) is 1.40. The van der Waals surface area contributed by atoms with E-state index >= 15 is 0 Å². The number of hydrogen-bond donors (Lipinski definition) is 1. The van der Waals surface area contributed by atoms with E-state index in [4.69, 9.17) is 0 Å². The van der Waals surface area contributed by atoms with Crippen LogP contribution in [-0.4, -0.2) is 36.0 Å². The quantitative estimate of drug-likeness (QED) is 0.848. The first-order valence-corrected chi connectivity index (χ1v) is 7.38. The highest BCUT2D eigenvalue weighted by atomic mass is 32.2. The second kappa shape index (κ2) is 7.42. The molecule has 0 unspecified atom stereocenters. The molecular weight excluding hydrogens is 289 g/mol. The molecule has 0 spiro atoms. The molecule has 3 nitrogen and oxygen atoms in total. The van der Waals surface area contributed by atoms with Crippen LogP contribution in [0.1, 0.15) is 12.5 Å². The van der Waals surface area contributed by atoms with E-state index in [0.29, 0.717) is 0 Å². The number of thioether (sulfide) groups is 1. The summed E-state index contributed by atoms with van der Waals surface area (Å²) in [6.07, 6.45) is 1.93. The van der Waals surface area contributed by atoms with Gasteiger partial charge in [0.15, 0.2) is 17.5 Å². The van der Waals surface area contributed by atoms with Gasteiger partial charge >= 0.3 is 6.03 Å². The number of amides is 2. The van der Waals surface area contributed by atoms with Crippen molar-refractivity contribution in [2.45, 2.75) is 19.5 Å². The average molecular weight is 306 g/mol. The third kappa shape index (κ3) is 4.63. The molecule has 0 bridgehead atoms. The van der Waals surface area contributed by atoms with E-state index < -0.39 is 17.5 Å². The smallest absolute Gasteiger partial charge is 0.317 e. The lowest BCUT2D eigenvalue weighted by Crippen LogP contribution is -2.42. The minimum Gasteiger partial charge on any atom is -0.335 e. The van der Waals surface area contributed by atoms with Crippen LogP contribution in [0.2, 0.25) is 0 Å². The lowest BCUT2D eigenvalue weighted by Gasteiger charge is -2.21. The molecule has 1 aromatic carbocycles. The minimum atomic E-state index is -1.51. The monoisotopic (exact) mass is 306 g/mol. The molecule has 0 radical (unpaired) electrons. The van der Waals surface area contributed by atoms with Crippen LogP contribution in [0.25, 0.3) is 0 Å². The molecule has 0 fully saturated rings. The van der Waals surface area contributed by atoms with Gasteiger partial charge < -0.3 is 10.2 Å². The highest BCUT2D eigenvalue weighted by molar-refractivity contribution is 7.98. The Morgan fingerprint density at radius 3 is 2.40 bits per heavy atom. The first-order valence-electron chi connectivity index (χ1n) is 5.99. The zero-order chi connectivity index (χ0) is 15.3. The van der Waals surface area contributed by atoms with Crippen LogP contribution in [0.3, 0.4) is 0 Å². The normalized spacial score (nSPS) is 12.1. The van der Waals surface area contributed by atoms with Crippen molar-refractivity contribution < 1.29 is 18.0 Å². The maximum atomic E-state index is 13.1. The summed E-state index contributed by atoms with van der Waals surface area (Å²) in [7, 11) is 1.50. The van der Waals surface area contributed by atoms with Crippen LogP contribution in [-0.2, 0) is 6.54 Å². The van der Waals surface area contributed by atoms with E-state index in [2.05, 4.69) is 5.32 Å². The number of carbonyl (C=O) groups excluding carboxylic acids is 1. The van der Waals surface area contributed by atoms with Gasteiger partial charge in [-0.25, -0.2) is 18.0 Å². The summed E-state index contributed by atoms with van der Waals surface area (Å²) in [5.74, 6) is -3.26. The molecule has 7 heteroatoms. The Kier molecular flexibility index (Phi) is 6.19. The first kappa shape index (κ1) is 16.7. The SMILES string of the molecule is CSC[C@H](C)NC(=O)N(C)Cc1cc(F)c(F)c(F)c1. The minimum absolute atomic E-state index is 0.00799. The molecule has 112 valence electrons. The van der Waals surface area contributed by atoms with Crippen molar-refractivity contribution in [3.63, 3.8) is 0 Å². The maximum Gasteiger partial charge on any atom is 0.317 e. The van der Waals surface area contributed by atoms with Crippen LogP contribution in [0.4, 0.5) is 18.0 Å². The van der Waals surface area contributed by atoms with Crippen molar-refractivity contribution in [3.8, 4) is 0 Å². The Labute approximate surface area is 120 Å². The molecule has 1 rings (SSSR count). The van der Waals surface area contributed by atoms with E-state index in [1.165, 1.54) is 11.9 Å². The third-order valence-electron chi connectivity index (χ3n) is 2.60. The molecular formula is C13H17F3N2OS. The third-order valence-corrected chi connectivity index (χ3v) is 3.43. The van der Waals surface area contributed by atoms with E-state index in [1.807, 2.05) is 13.2 Å². The Morgan fingerprint density at radius 2 is 1.90 bits per heavy atom. The van der Waals surface area contributed by atoms with Gasteiger partial charge in [-0.3, -0.25) is 0 Å². The summed E-state index contributed by atoms with van der Waals surface area (Å²) >= 11 is 1.60. The summed E-state index contributed by atoms with van der Waals surface area (Å²) in [4.78, 5) is 13.1. The Bertz CT molecular complexity index is 462. The first-order chi connectivity index (χ1) is 9.35. The largest absolute Gasteiger partial charge is 0.335 e. The summed E-state index contributed by atoms with van der Waals surface area (Å²) in [5, 5.41) is 2.75. The van der Waals surface area contributed by atoms with Crippen LogP contribution in [0.5, 0.6) is 0 Å². The fourth-order valence-corrected chi connectivity index (χ4v) is 2.24. The molecule has 1 atom stereocenters.